The van der Waals surface area contributed by atoms with Crippen molar-refractivity contribution in [1.29, 1.82) is 0 Å². The summed E-state index contributed by atoms with van der Waals surface area (Å²) in [5.41, 5.74) is 0. The zero-order chi connectivity index (χ0) is 5.91. The van der Waals surface area contributed by atoms with Crippen LogP contribution in [0.3, 0.4) is 0 Å². The first-order valence-electron chi connectivity index (χ1n) is 1.39. The van der Waals surface area contributed by atoms with E-state index in [0.29, 0.717) is 0 Å². The Morgan fingerprint density at radius 2 is 1.57 bits per heavy atom. The number of hydrogen-bond acceptors (Lipinski definition) is 4. The first-order valence-corrected chi connectivity index (χ1v) is 1.39. The van der Waals surface area contributed by atoms with E-state index in [1.165, 1.54) is 5.92 Å². The van der Waals surface area contributed by atoms with Crippen molar-refractivity contribution in [3.05, 3.63) is 0 Å². The molecule has 0 aliphatic heterocycles. The highest BCUT2D eigenvalue weighted by molar-refractivity contribution is 4.96. The van der Waals surface area contributed by atoms with Gasteiger partial charge in [-0.15, -0.1) is 0 Å². The highest BCUT2D eigenvalue weighted by Crippen LogP contribution is 1.84. The molecule has 4 N–H and O–H groups in total. The van der Waals surface area contributed by atoms with E-state index in [-0.39, 0.29) is 0 Å². The molecule has 0 aromatic heterocycles. The Balaban J connectivity index is 3.72. The number of hydrogen-bond donors (Lipinski definition) is 4. The molecule has 0 aromatic rings. The fourth-order valence-electron chi connectivity index (χ4n) is 0.0750. The van der Waals surface area contributed by atoms with Crippen LogP contribution in [0.4, 0.5) is 0 Å². The third kappa shape index (κ3) is 5.24. The molecule has 0 fully saturated rings. The molecule has 0 aliphatic rings. The van der Waals surface area contributed by atoms with Gasteiger partial charge in [-0.2, -0.15) is 0 Å². The van der Waals surface area contributed by atoms with Crippen molar-refractivity contribution in [2.75, 3.05) is 0 Å². The van der Waals surface area contributed by atoms with E-state index < -0.39 is 5.97 Å². The van der Waals surface area contributed by atoms with Crippen molar-refractivity contribution >= 4 is 0 Å². The molecule has 0 unspecified atom stereocenters. The number of rotatable bonds is 0. The van der Waals surface area contributed by atoms with E-state index in [2.05, 4.69) is 0 Å². The molecule has 4 nitrogen and oxygen atoms in total. The second kappa shape index (κ2) is 1.80. The Morgan fingerprint density at radius 1 is 1.14 bits per heavy atom. The van der Waals surface area contributed by atoms with E-state index in [1.54, 1.807) is 0 Å². The summed E-state index contributed by atoms with van der Waals surface area (Å²) in [5.74, 6) is -1.80. The molecule has 0 amide bonds. The van der Waals surface area contributed by atoms with E-state index in [0.717, 1.165) is 6.11 Å². The zero-order valence-corrected chi connectivity index (χ0v) is 3.29. The molecule has 0 aliphatic carbocycles. The lowest BCUT2D eigenvalue weighted by molar-refractivity contribution is -0.265. The highest BCUT2D eigenvalue weighted by atomic mass is 16.7. The van der Waals surface area contributed by atoms with Gasteiger partial charge in [0.2, 0.25) is 0 Å². The SMILES string of the molecule is OC#CC(O)(O)O. The molecular weight excluding hydrogens is 100 g/mol. The maximum Gasteiger partial charge on any atom is 0.348 e. The lowest BCUT2D eigenvalue weighted by Gasteiger charge is -2.00. The van der Waals surface area contributed by atoms with Gasteiger partial charge in [0.15, 0.2) is 0 Å². The molecule has 40 valence electrons. The van der Waals surface area contributed by atoms with Crippen LogP contribution >= 0.6 is 0 Å². The molecule has 0 saturated carbocycles. The Kier molecular flexibility index (Phi) is 1.60. The lowest BCUT2D eigenvalue weighted by Crippen LogP contribution is -2.23. The van der Waals surface area contributed by atoms with Gasteiger partial charge in [-0.05, 0) is 0 Å². The van der Waals surface area contributed by atoms with Gasteiger partial charge in [-0.1, -0.05) is 0 Å². The van der Waals surface area contributed by atoms with Crippen molar-refractivity contribution in [1.82, 2.24) is 0 Å². The van der Waals surface area contributed by atoms with Gasteiger partial charge in [-0.25, -0.2) is 0 Å². The molecule has 0 heterocycles. The van der Waals surface area contributed by atoms with Gasteiger partial charge in [0.25, 0.3) is 0 Å². The molecule has 0 rings (SSSR count). The first kappa shape index (κ1) is 6.24. The average molecular weight is 104 g/mol. The van der Waals surface area contributed by atoms with E-state index in [9.17, 15) is 0 Å². The Bertz CT molecular complexity index is 100. The fraction of sp³-hybridized carbons (Fsp3) is 0.333. The quantitative estimate of drug-likeness (QED) is 0.210. The molecule has 0 spiro atoms. The first-order chi connectivity index (χ1) is 3.06. The van der Waals surface area contributed by atoms with E-state index in [1.807, 2.05) is 0 Å². The van der Waals surface area contributed by atoms with Crippen LogP contribution in [0.2, 0.25) is 0 Å². The van der Waals surface area contributed by atoms with Crippen molar-refractivity contribution in [3.63, 3.8) is 0 Å². The third-order valence-electron chi connectivity index (χ3n) is 0.224. The second-order valence-electron chi connectivity index (χ2n) is 0.872. The zero-order valence-electron chi connectivity index (χ0n) is 3.29. The summed E-state index contributed by atoms with van der Waals surface area (Å²) >= 11 is 0. The van der Waals surface area contributed by atoms with Gasteiger partial charge in [-0.3, -0.25) is 0 Å². The Hall–Kier alpha value is -0.760. The molecule has 4 heteroatoms. The number of aliphatic hydroxyl groups excluding tert-OH is 1. The van der Waals surface area contributed by atoms with E-state index in [4.69, 9.17) is 20.4 Å². The van der Waals surface area contributed by atoms with Crippen LogP contribution in [0.25, 0.3) is 0 Å². The summed E-state index contributed by atoms with van der Waals surface area (Å²) in [5, 5.41) is 30.9. The summed E-state index contributed by atoms with van der Waals surface area (Å²) in [4.78, 5) is 0. The molecule has 0 atom stereocenters. The maximum absolute atomic E-state index is 7.80. The third-order valence-corrected chi connectivity index (χ3v) is 0.224. The van der Waals surface area contributed by atoms with Gasteiger partial charge in [0.1, 0.15) is 6.11 Å². The van der Waals surface area contributed by atoms with E-state index >= 15 is 0 Å². The largest absolute Gasteiger partial charge is 0.462 e. The van der Waals surface area contributed by atoms with Gasteiger partial charge in [0.05, 0.1) is 0 Å². The standard InChI is InChI=1S/C3H4O4/c4-2-1-3(5,6)7/h4-7H. The predicted molar refractivity (Wildman–Crippen MR) is 19.1 cm³/mol. The van der Waals surface area contributed by atoms with Crippen molar-refractivity contribution in [3.8, 4) is 12.0 Å². The summed E-state index contributed by atoms with van der Waals surface area (Å²) in [6.45, 7) is 0. The smallest absolute Gasteiger partial charge is 0.348 e. The Morgan fingerprint density at radius 3 is 1.57 bits per heavy atom. The molecule has 0 saturated heterocycles. The monoisotopic (exact) mass is 104 g/mol. The fourth-order valence-corrected chi connectivity index (χ4v) is 0.0750. The van der Waals surface area contributed by atoms with Gasteiger partial charge in [0, 0.05) is 5.92 Å². The molecule has 0 radical (unpaired) electrons. The topological polar surface area (TPSA) is 80.9 Å². The van der Waals surface area contributed by atoms with Gasteiger partial charge < -0.3 is 20.4 Å². The summed E-state index contributed by atoms with van der Waals surface area (Å²) in [7, 11) is 0. The van der Waals surface area contributed by atoms with Crippen LogP contribution in [-0.4, -0.2) is 26.4 Å². The van der Waals surface area contributed by atoms with Crippen LogP contribution < -0.4 is 0 Å². The molecule has 0 bridgehead atoms. The average Bonchev–Trinajstić information content (AvgIpc) is 1.30. The van der Waals surface area contributed by atoms with Crippen LogP contribution in [0.15, 0.2) is 0 Å². The normalized spacial score (nSPS) is 9.57. The van der Waals surface area contributed by atoms with Crippen molar-refractivity contribution < 1.29 is 20.4 Å². The minimum atomic E-state index is -3.06. The predicted octanol–water partition coefficient (Wildman–Crippen LogP) is -2.05. The summed E-state index contributed by atoms with van der Waals surface area (Å²) in [6.07, 6.45) is 1.11. The molecule has 7 heavy (non-hydrogen) atoms. The summed E-state index contributed by atoms with van der Waals surface area (Å²) in [6, 6.07) is 0. The second-order valence-corrected chi connectivity index (χ2v) is 0.872. The highest BCUT2D eigenvalue weighted by Gasteiger charge is 2.11. The van der Waals surface area contributed by atoms with Crippen LogP contribution in [-0.2, 0) is 0 Å². The minimum Gasteiger partial charge on any atom is -0.462 e. The van der Waals surface area contributed by atoms with Crippen molar-refractivity contribution in [2.24, 2.45) is 0 Å². The molecule has 0 aromatic carbocycles. The Labute approximate surface area is 39.6 Å². The van der Waals surface area contributed by atoms with Gasteiger partial charge >= 0.3 is 5.97 Å². The minimum absolute atomic E-state index is 1.11. The number of aliphatic hydroxyl groups is 4. The van der Waals surface area contributed by atoms with Crippen LogP contribution in [0, 0.1) is 12.0 Å². The maximum atomic E-state index is 7.80. The van der Waals surface area contributed by atoms with Crippen LogP contribution in [0.5, 0.6) is 0 Å². The van der Waals surface area contributed by atoms with Crippen LogP contribution in [0.1, 0.15) is 0 Å². The lowest BCUT2D eigenvalue weighted by atomic mass is 10.6. The molecular formula is C3H4O4. The summed E-state index contributed by atoms with van der Waals surface area (Å²) < 4.78 is 0. The van der Waals surface area contributed by atoms with Crippen molar-refractivity contribution in [2.45, 2.75) is 5.97 Å².